The molecular formula is C28H35FN4O3. The fourth-order valence-electron chi connectivity index (χ4n) is 5.27. The van der Waals surface area contributed by atoms with Crippen molar-refractivity contribution in [1.29, 1.82) is 0 Å². The van der Waals surface area contributed by atoms with Gasteiger partial charge in [0.1, 0.15) is 11.9 Å². The molecule has 1 atom stereocenters. The maximum atomic E-state index is 15.1. The molecule has 0 radical (unpaired) electrons. The van der Waals surface area contributed by atoms with E-state index in [9.17, 15) is 14.4 Å². The molecule has 1 aromatic heterocycles. The normalized spacial score (nSPS) is 17.7. The lowest BCUT2D eigenvalue weighted by Gasteiger charge is -2.33. The number of hydrogen-bond acceptors (Lipinski definition) is 4. The predicted octanol–water partition coefficient (Wildman–Crippen LogP) is 4.19. The van der Waals surface area contributed by atoms with Crippen LogP contribution in [0.5, 0.6) is 0 Å². The summed E-state index contributed by atoms with van der Waals surface area (Å²) >= 11 is 0. The molecule has 192 valence electrons. The zero-order chi connectivity index (χ0) is 25.3. The third-order valence-electron chi connectivity index (χ3n) is 7.18. The Bertz CT molecular complexity index is 1040. The monoisotopic (exact) mass is 494 g/mol. The van der Waals surface area contributed by atoms with Crippen LogP contribution in [0.15, 0.2) is 48.8 Å². The van der Waals surface area contributed by atoms with Crippen LogP contribution in [0.3, 0.4) is 0 Å². The smallest absolute Gasteiger partial charge is 0.313 e. The highest BCUT2D eigenvalue weighted by Crippen LogP contribution is 2.28. The average molecular weight is 495 g/mol. The van der Waals surface area contributed by atoms with Gasteiger partial charge in [-0.05, 0) is 43.4 Å². The molecule has 0 unspecified atom stereocenters. The number of pyridine rings is 1. The first-order chi connectivity index (χ1) is 17.5. The van der Waals surface area contributed by atoms with Crippen molar-refractivity contribution >= 4 is 17.7 Å². The van der Waals surface area contributed by atoms with Crippen molar-refractivity contribution in [1.82, 2.24) is 20.5 Å². The van der Waals surface area contributed by atoms with E-state index in [-0.39, 0.29) is 24.2 Å². The van der Waals surface area contributed by atoms with Gasteiger partial charge < -0.3 is 15.5 Å². The molecule has 0 saturated heterocycles. The summed E-state index contributed by atoms with van der Waals surface area (Å²) in [5.74, 6) is -2.69. The number of aromatic nitrogens is 1. The van der Waals surface area contributed by atoms with Gasteiger partial charge in [0.25, 0.3) is 0 Å². The quantitative estimate of drug-likeness (QED) is 0.565. The lowest BCUT2D eigenvalue weighted by Crippen LogP contribution is -2.52. The maximum absolute atomic E-state index is 15.1. The largest absolute Gasteiger partial charge is 0.351 e. The van der Waals surface area contributed by atoms with Crippen LogP contribution in [0, 0.1) is 5.82 Å². The van der Waals surface area contributed by atoms with Gasteiger partial charge in [0.05, 0.1) is 0 Å². The van der Waals surface area contributed by atoms with Crippen LogP contribution in [0.25, 0.3) is 0 Å². The Morgan fingerprint density at radius 3 is 2.14 bits per heavy atom. The molecule has 3 amide bonds. The lowest BCUT2D eigenvalue weighted by atomic mass is 9.94. The highest BCUT2D eigenvalue weighted by atomic mass is 19.1. The summed E-state index contributed by atoms with van der Waals surface area (Å²) in [7, 11) is 0. The van der Waals surface area contributed by atoms with Gasteiger partial charge >= 0.3 is 11.8 Å². The van der Waals surface area contributed by atoms with Gasteiger partial charge in [-0.25, -0.2) is 4.39 Å². The molecule has 2 fully saturated rings. The SMILES string of the molecule is O=C(NC1CCCCC1)C(=O)N(Cc1cccnc1)[C@@H](C(=O)NC1CCCCC1)c1ccccc1F. The predicted molar refractivity (Wildman–Crippen MR) is 134 cm³/mol. The molecule has 1 heterocycles. The van der Waals surface area contributed by atoms with Crippen LogP contribution in [0.2, 0.25) is 0 Å². The Morgan fingerprint density at radius 1 is 0.889 bits per heavy atom. The molecule has 2 saturated carbocycles. The van der Waals surface area contributed by atoms with Crippen molar-refractivity contribution in [2.45, 2.75) is 88.9 Å². The molecule has 0 bridgehead atoms. The molecule has 7 nitrogen and oxygen atoms in total. The molecule has 0 aliphatic heterocycles. The molecule has 2 aliphatic rings. The maximum Gasteiger partial charge on any atom is 0.313 e. The molecule has 1 aromatic carbocycles. The molecule has 2 aliphatic carbocycles. The number of carbonyl (C=O) groups is 3. The molecule has 8 heteroatoms. The summed E-state index contributed by atoms with van der Waals surface area (Å²) in [5, 5.41) is 5.89. The number of nitrogens with zero attached hydrogens (tertiary/aromatic N) is 2. The molecule has 2 aromatic rings. The summed E-state index contributed by atoms with van der Waals surface area (Å²) in [6.07, 6.45) is 12.8. The highest BCUT2D eigenvalue weighted by molar-refractivity contribution is 6.35. The second kappa shape index (κ2) is 12.6. The summed E-state index contributed by atoms with van der Waals surface area (Å²) in [6.45, 7) is -0.0537. The van der Waals surface area contributed by atoms with Crippen LogP contribution in [-0.4, -0.2) is 39.7 Å². The second-order valence-electron chi connectivity index (χ2n) is 9.87. The summed E-state index contributed by atoms with van der Waals surface area (Å²) in [4.78, 5) is 45.8. The van der Waals surface area contributed by atoms with Crippen LogP contribution in [-0.2, 0) is 20.9 Å². The highest BCUT2D eigenvalue weighted by Gasteiger charge is 2.37. The van der Waals surface area contributed by atoms with Crippen LogP contribution in [0.4, 0.5) is 4.39 Å². The van der Waals surface area contributed by atoms with Gasteiger partial charge in [0.2, 0.25) is 5.91 Å². The van der Waals surface area contributed by atoms with Gasteiger partial charge in [0.15, 0.2) is 0 Å². The first kappa shape index (κ1) is 25.8. The molecular weight excluding hydrogens is 459 g/mol. The van der Waals surface area contributed by atoms with Gasteiger partial charge in [-0.1, -0.05) is 62.8 Å². The van der Waals surface area contributed by atoms with E-state index in [1.54, 1.807) is 30.6 Å². The molecule has 4 rings (SSSR count). The fraction of sp³-hybridized carbons (Fsp3) is 0.500. The lowest BCUT2D eigenvalue weighted by molar-refractivity contribution is -0.151. The first-order valence-electron chi connectivity index (χ1n) is 13.1. The average Bonchev–Trinajstić information content (AvgIpc) is 2.90. The minimum Gasteiger partial charge on any atom is -0.351 e. The number of hydrogen-bond donors (Lipinski definition) is 2. The van der Waals surface area contributed by atoms with Crippen LogP contribution >= 0.6 is 0 Å². The van der Waals surface area contributed by atoms with Crippen molar-refractivity contribution in [3.63, 3.8) is 0 Å². The summed E-state index contributed by atoms with van der Waals surface area (Å²) < 4.78 is 15.1. The number of nitrogens with one attached hydrogen (secondary N) is 2. The third kappa shape index (κ3) is 6.68. The van der Waals surface area contributed by atoms with Gasteiger partial charge in [-0.15, -0.1) is 0 Å². The van der Waals surface area contributed by atoms with E-state index in [1.807, 2.05) is 0 Å². The van der Waals surface area contributed by atoms with Crippen molar-refractivity contribution < 1.29 is 18.8 Å². The van der Waals surface area contributed by atoms with Crippen LogP contribution < -0.4 is 10.6 Å². The third-order valence-corrected chi connectivity index (χ3v) is 7.18. The summed E-state index contributed by atoms with van der Waals surface area (Å²) in [5.41, 5.74) is 0.705. The van der Waals surface area contributed by atoms with E-state index in [0.29, 0.717) is 5.56 Å². The van der Waals surface area contributed by atoms with Gasteiger partial charge in [-0.2, -0.15) is 0 Å². The standard InChI is InChI=1S/C28H35FN4O3/c29-24-16-8-7-15-23(24)25(26(34)31-21-11-3-1-4-12-21)33(19-20-10-9-17-30-18-20)28(36)27(35)32-22-13-5-2-6-14-22/h7-10,15-18,21-22,25H,1-6,11-14,19H2,(H,31,34)(H,32,35)/t25-/m1/s1. The Morgan fingerprint density at radius 2 is 1.53 bits per heavy atom. The molecule has 2 N–H and O–H groups in total. The Hall–Kier alpha value is -3.29. The molecule has 0 spiro atoms. The van der Waals surface area contributed by atoms with E-state index in [0.717, 1.165) is 64.2 Å². The minimum atomic E-state index is -1.29. The Balaban J connectivity index is 1.66. The number of halogens is 1. The van der Waals surface area contributed by atoms with Gasteiger partial charge in [0, 0.05) is 36.6 Å². The van der Waals surface area contributed by atoms with Gasteiger partial charge in [-0.3, -0.25) is 19.4 Å². The van der Waals surface area contributed by atoms with E-state index < -0.39 is 29.6 Å². The summed E-state index contributed by atoms with van der Waals surface area (Å²) in [6, 6.07) is 8.04. The Kier molecular flexibility index (Phi) is 9.03. The van der Waals surface area contributed by atoms with Crippen molar-refractivity contribution in [3.05, 3.63) is 65.7 Å². The van der Waals surface area contributed by atoms with Crippen molar-refractivity contribution in [3.8, 4) is 0 Å². The Labute approximate surface area is 211 Å². The zero-order valence-corrected chi connectivity index (χ0v) is 20.6. The first-order valence-corrected chi connectivity index (χ1v) is 13.1. The topological polar surface area (TPSA) is 91.4 Å². The fourth-order valence-corrected chi connectivity index (χ4v) is 5.27. The number of rotatable bonds is 7. The zero-order valence-electron chi connectivity index (χ0n) is 20.6. The number of carbonyl (C=O) groups excluding carboxylic acids is 3. The minimum absolute atomic E-state index is 0.0352. The molecule has 36 heavy (non-hydrogen) atoms. The van der Waals surface area contributed by atoms with E-state index in [2.05, 4.69) is 15.6 Å². The van der Waals surface area contributed by atoms with E-state index >= 15 is 4.39 Å². The van der Waals surface area contributed by atoms with Crippen molar-refractivity contribution in [2.24, 2.45) is 0 Å². The van der Waals surface area contributed by atoms with E-state index in [1.165, 1.54) is 23.1 Å². The number of amides is 3. The second-order valence-corrected chi connectivity index (χ2v) is 9.87. The van der Waals surface area contributed by atoms with E-state index in [4.69, 9.17) is 0 Å². The number of benzene rings is 1. The van der Waals surface area contributed by atoms with Crippen LogP contribution in [0.1, 0.15) is 81.4 Å². The van der Waals surface area contributed by atoms with Crippen molar-refractivity contribution in [2.75, 3.05) is 0 Å².